The molecule has 2 rings (SSSR count). The molecule has 0 bridgehead atoms. The molecule has 0 aromatic carbocycles. The van der Waals surface area contributed by atoms with Crippen LogP contribution in [0.1, 0.15) is 36.0 Å². The second kappa shape index (κ2) is 4.95. The van der Waals surface area contributed by atoms with Crippen molar-refractivity contribution in [2.24, 2.45) is 0 Å². The Morgan fingerprint density at radius 1 is 1.33 bits per heavy atom. The molecule has 18 heavy (non-hydrogen) atoms. The minimum absolute atomic E-state index is 0.0210. The van der Waals surface area contributed by atoms with Gasteiger partial charge >= 0.3 is 5.97 Å². The van der Waals surface area contributed by atoms with Crippen molar-refractivity contribution in [3.8, 4) is 5.69 Å². The third-order valence-corrected chi connectivity index (χ3v) is 2.56. The van der Waals surface area contributed by atoms with Crippen LogP contribution in [0.4, 0.5) is 0 Å². The van der Waals surface area contributed by atoms with E-state index in [0.717, 1.165) is 30.2 Å². The molecule has 2 heterocycles. The van der Waals surface area contributed by atoms with E-state index in [9.17, 15) is 4.79 Å². The molecule has 94 valence electrons. The molecule has 0 fully saturated rings. The Balaban J connectivity index is 2.41. The zero-order valence-corrected chi connectivity index (χ0v) is 10.3. The monoisotopic (exact) mass is 246 g/mol. The largest absolute Gasteiger partial charge is 0.477 e. The highest BCUT2D eigenvalue weighted by Gasteiger charge is 2.10. The van der Waals surface area contributed by atoms with Crippen molar-refractivity contribution in [3.05, 3.63) is 35.7 Å². The average Bonchev–Trinajstić information content (AvgIpc) is 2.82. The maximum atomic E-state index is 10.7. The summed E-state index contributed by atoms with van der Waals surface area (Å²) in [6.45, 7) is 3.99. The molecule has 0 amide bonds. The predicted molar refractivity (Wildman–Crippen MR) is 64.9 cm³/mol. The van der Waals surface area contributed by atoms with E-state index in [4.69, 9.17) is 5.11 Å². The van der Waals surface area contributed by atoms with Crippen LogP contribution in [0.3, 0.4) is 0 Å². The molecule has 2 aromatic heterocycles. The van der Waals surface area contributed by atoms with Gasteiger partial charge in [-0.15, -0.1) is 0 Å². The lowest BCUT2D eigenvalue weighted by atomic mass is 10.3. The second-order valence-electron chi connectivity index (χ2n) is 3.77. The topological polar surface area (TPSA) is 80.9 Å². The second-order valence-corrected chi connectivity index (χ2v) is 3.77. The van der Waals surface area contributed by atoms with Crippen molar-refractivity contribution in [2.75, 3.05) is 0 Å². The number of hydrogen-bond donors (Lipinski definition) is 1. The van der Waals surface area contributed by atoms with Crippen molar-refractivity contribution in [1.29, 1.82) is 0 Å². The summed E-state index contributed by atoms with van der Waals surface area (Å²) in [5, 5.41) is 13.2. The first kappa shape index (κ1) is 12.2. The summed E-state index contributed by atoms with van der Waals surface area (Å²) in [5.74, 6) is 0.580. The molecule has 0 aliphatic carbocycles. The smallest absolute Gasteiger partial charge is 0.354 e. The van der Waals surface area contributed by atoms with Crippen LogP contribution in [-0.2, 0) is 12.8 Å². The third-order valence-electron chi connectivity index (χ3n) is 2.56. The van der Waals surface area contributed by atoms with Gasteiger partial charge in [-0.25, -0.2) is 19.4 Å². The van der Waals surface area contributed by atoms with Crippen LogP contribution in [0.25, 0.3) is 5.69 Å². The molecule has 0 aliphatic heterocycles. The number of nitrogens with zero attached hydrogens (tertiary/aromatic N) is 4. The van der Waals surface area contributed by atoms with Crippen LogP contribution < -0.4 is 0 Å². The van der Waals surface area contributed by atoms with Gasteiger partial charge in [-0.1, -0.05) is 13.8 Å². The molecule has 0 saturated carbocycles. The molecular weight excluding hydrogens is 232 g/mol. The maximum Gasteiger partial charge on any atom is 0.354 e. The minimum atomic E-state index is -1.04. The maximum absolute atomic E-state index is 10.7. The number of aromatic nitrogens is 4. The number of pyridine rings is 1. The van der Waals surface area contributed by atoms with Crippen molar-refractivity contribution < 1.29 is 9.90 Å². The molecule has 2 aromatic rings. The van der Waals surface area contributed by atoms with E-state index >= 15 is 0 Å². The number of aryl methyl sites for hydroxylation is 2. The van der Waals surface area contributed by atoms with Crippen molar-refractivity contribution in [1.82, 2.24) is 19.7 Å². The number of carboxylic acids is 1. The molecule has 0 aliphatic rings. The normalized spacial score (nSPS) is 10.6. The fraction of sp³-hybridized carbons (Fsp3) is 0.333. The Hall–Kier alpha value is -2.24. The highest BCUT2D eigenvalue weighted by molar-refractivity contribution is 5.85. The van der Waals surface area contributed by atoms with E-state index in [1.165, 1.54) is 12.3 Å². The van der Waals surface area contributed by atoms with Gasteiger partial charge in [0.2, 0.25) is 0 Å². The van der Waals surface area contributed by atoms with Gasteiger partial charge in [-0.05, 0) is 12.1 Å². The molecular formula is C12H14N4O2. The third kappa shape index (κ3) is 2.22. The van der Waals surface area contributed by atoms with E-state index in [1.807, 2.05) is 13.8 Å². The van der Waals surface area contributed by atoms with Gasteiger partial charge in [0.1, 0.15) is 11.5 Å². The van der Waals surface area contributed by atoms with Gasteiger partial charge < -0.3 is 5.11 Å². The first-order valence-corrected chi connectivity index (χ1v) is 5.80. The highest BCUT2D eigenvalue weighted by atomic mass is 16.4. The van der Waals surface area contributed by atoms with Crippen molar-refractivity contribution >= 4 is 5.97 Å². The summed E-state index contributed by atoms with van der Waals surface area (Å²) in [6.07, 6.45) is 3.02. The number of carboxylic acid groups (broad SMARTS) is 1. The minimum Gasteiger partial charge on any atom is -0.477 e. The molecule has 0 saturated heterocycles. The van der Waals surface area contributed by atoms with Gasteiger partial charge in [-0.2, -0.15) is 5.10 Å². The Labute approximate surface area is 104 Å². The van der Waals surface area contributed by atoms with Gasteiger partial charge in [0, 0.05) is 12.8 Å². The standard InChI is InChI=1S/C12H14N4O2/c1-3-10-14-11(4-2)16(15-10)8-5-6-9(12(17)18)13-7-8/h5-7H,3-4H2,1-2H3,(H,17,18). The van der Waals surface area contributed by atoms with Gasteiger partial charge in [-0.3, -0.25) is 0 Å². The zero-order chi connectivity index (χ0) is 13.1. The Morgan fingerprint density at radius 2 is 2.11 bits per heavy atom. The average molecular weight is 246 g/mol. The molecule has 6 heteroatoms. The predicted octanol–water partition coefficient (Wildman–Crippen LogP) is 1.49. The van der Waals surface area contributed by atoms with Crippen LogP contribution in [-0.4, -0.2) is 30.8 Å². The molecule has 0 atom stereocenters. The van der Waals surface area contributed by atoms with Crippen molar-refractivity contribution in [3.63, 3.8) is 0 Å². The van der Waals surface area contributed by atoms with Gasteiger partial charge in [0.15, 0.2) is 5.82 Å². The molecule has 0 unspecified atom stereocenters. The van der Waals surface area contributed by atoms with Crippen LogP contribution in [0, 0.1) is 0 Å². The Kier molecular flexibility index (Phi) is 3.36. The van der Waals surface area contributed by atoms with E-state index in [2.05, 4.69) is 15.1 Å². The van der Waals surface area contributed by atoms with Crippen LogP contribution in [0.5, 0.6) is 0 Å². The summed E-state index contributed by atoms with van der Waals surface area (Å²) in [6, 6.07) is 3.15. The number of aromatic carboxylic acids is 1. The number of carbonyl (C=O) groups is 1. The highest BCUT2D eigenvalue weighted by Crippen LogP contribution is 2.10. The SMILES string of the molecule is CCc1nc(CC)n(-c2ccc(C(=O)O)nc2)n1. The summed E-state index contributed by atoms with van der Waals surface area (Å²) >= 11 is 0. The lowest BCUT2D eigenvalue weighted by molar-refractivity contribution is 0.0690. The quantitative estimate of drug-likeness (QED) is 0.883. The first-order chi connectivity index (χ1) is 8.65. The fourth-order valence-electron chi connectivity index (χ4n) is 1.62. The Morgan fingerprint density at radius 3 is 2.61 bits per heavy atom. The van der Waals surface area contributed by atoms with Crippen LogP contribution >= 0.6 is 0 Å². The van der Waals surface area contributed by atoms with E-state index < -0.39 is 5.97 Å². The summed E-state index contributed by atoms with van der Waals surface area (Å²) in [4.78, 5) is 19.0. The number of rotatable bonds is 4. The van der Waals surface area contributed by atoms with Gasteiger partial charge in [0.05, 0.1) is 11.9 Å². The lowest BCUT2D eigenvalue weighted by Crippen LogP contribution is -2.05. The Bertz CT molecular complexity index is 560. The van der Waals surface area contributed by atoms with Crippen LogP contribution in [0.2, 0.25) is 0 Å². The lowest BCUT2D eigenvalue weighted by Gasteiger charge is -2.03. The van der Waals surface area contributed by atoms with Crippen LogP contribution in [0.15, 0.2) is 18.3 Å². The molecule has 6 nitrogen and oxygen atoms in total. The van der Waals surface area contributed by atoms with E-state index in [-0.39, 0.29) is 5.69 Å². The summed E-state index contributed by atoms with van der Waals surface area (Å²) < 4.78 is 1.71. The zero-order valence-electron chi connectivity index (χ0n) is 10.3. The van der Waals surface area contributed by atoms with Gasteiger partial charge in [0.25, 0.3) is 0 Å². The fourth-order valence-corrected chi connectivity index (χ4v) is 1.62. The molecule has 0 radical (unpaired) electrons. The van der Waals surface area contributed by atoms with E-state index in [0.29, 0.717) is 0 Å². The molecule has 1 N–H and O–H groups in total. The van der Waals surface area contributed by atoms with E-state index in [1.54, 1.807) is 10.7 Å². The first-order valence-electron chi connectivity index (χ1n) is 5.80. The van der Waals surface area contributed by atoms with Crippen molar-refractivity contribution in [2.45, 2.75) is 26.7 Å². The number of hydrogen-bond acceptors (Lipinski definition) is 4. The summed E-state index contributed by atoms with van der Waals surface area (Å²) in [7, 11) is 0. The summed E-state index contributed by atoms with van der Waals surface area (Å²) in [5.41, 5.74) is 0.747. The molecule has 0 spiro atoms.